The molecule has 0 amide bonds. The van der Waals surface area contributed by atoms with Crippen molar-refractivity contribution in [3.8, 4) is 17.3 Å². The second-order valence-electron chi connectivity index (χ2n) is 6.58. The molecule has 142 valence electrons. The Balaban J connectivity index is 1.67. The number of hydrogen-bond acceptors (Lipinski definition) is 6. The predicted molar refractivity (Wildman–Crippen MR) is 117 cm³/mol. The molecule has 1 N–H and O–H groups in total. The predicted octanol–water partition coefficient (Wildman–Crippen LogP) is 5.51. The molecule has 0 saturated heterocycles. The van der Waals surface area contributed by atoms with Crippen LogP contribution in [0.3, 0.4) is 0 Å². The normalized spacial score (nSPS) is 11.4. The van der Waals surface area contributed by atoms with E-state index in [2.05, 4.69) is 16.4 Å². The van der Waals surface area contributed by atoms with Gasteiger partial charge in [0.15, 0.2) is 0 Å². The van der Waals surface area contributed by atoms with Crippen molar-refractivity contribution in [1.82, 2.24) is 4.98 Å². The average molecular weight is 399 g/mol. The summed E-state index contributed by atoms with van der Waals surface area (Å²) in [6.45, 7) is 4.07. The Morgan fingerprint density at radius 2 is 2.03 bits per heavy atom. The van der Waals surface area contributed by atoms with E-state index in [1.807, 2.05) is 50.2 Å². The number of rotatable bonds is 4. The zero-order chi connectivity index (χ0) is 20.4. The van der Waals surface area contributed by atoms with Gasteiger partial charge >= 0.3 is 5.63 Å². The van der Waals surface area contributed by atoms with Crippen LogP contribution in [0.25, 0.3) is 27.8 Å². The van der Waals surface area contributed by atoms with Gasteiger partial charge in [-0.15, -0.1) is 11.3 Å². The maximum atomic E-state index is 12.4. The van der Waals surface area contributed by atoms with Crippen molar-refractivity contribution in [2.45, 2.75) is 13.8 Å². The molecule has 0 atom stereocenters. The molecule has 0 bridgehead atoms. The van der Waals surface area contributed by atoms with Crippen molar-refractivity contribution in [3.05, 3.63) is 86.7 Å². The second kappa shape index (κ2) is 7.74. The Bertz CT molecular complexity index is 1340. The number of para-hydroxylation sites is 1. The number of anilines is 1. The monoisotopic (exact) mass is 399 g/mol. The third kappa shape index (κ3) is 3.68. The van der Waals surface area contributed by atoms with E-state index < -0.39 is 5.63 Å². The number of fused-ring (bicyclic) bond motifs is 1. The van der Waals surface area contributed by atoms with Gasteiger partial charge in [0.1, 0.15) is 22.2 Å². The summed E-state index contributed by atoms with van der Waals surface area (Å²) in [5.74, 6) is 0. The summed E-state index contributed by atoms with van der Waals surface area (Å²) in [4.78, 5) is 16.9. The third-order valence-electron chi connectivity index (χ3n) is 4.75. The first-order chi connectivity index (χ1) is 14.1. The minimum atomic E-state index is -0.448. The van der Waals surface area contributed by atoms with Crippen molar-refractivity contribution in [2.24, 2.45) is 0 Å². The minimum absolute atomic E-state index is 0.381. The second-order valence-corrected chi connectivity index (χ2v) is 7.44. The summed E-state index contributed by atoms with van der Waals surface area (Å²) in [5, 5.41) is 15.9. The largest absolute Gasteiger partial charge is 0.422 e. The van der Waals surface area contributed by atoms with E-state index in [0.29, 0.717) is 27.4 Å². The van der Waals surface area contributed by atoms with E-state index in [4.69, 9.17) is 4.42 Å². The lowest BCUT2D eigenvalue weighted by Gasteiger charge is -2.08. The Kier molecular flexibility index (Phi) is 4.98. The van der Waals surface area contributed by atoms with Crippen LogP contribution < -0.4 is 10.9 Å². The molecule has 5 nitrogen and oxygen atoms in total. The number of hydrogen-bond donors (Lipinski definition) is 1. The molecule has 0 aliphatic rings. The van der Waals surface area contributed by atoms with Gasteiger partial charge in [0, 0.05) is 22.7 Å². The van der Waals surface area contributed by atoms with Gasteiger partial charge in [0.2, 0.25) is 0 Å². The number of nitriles is 1. The molecule has 0 spiro atoms. The SMILES string of the molecule is Cc1cccc(NC=C(C#N)c2nc(-c3cc4ccccc4oc3=O)cs2)c1C. The highest BCUT2D eigenvalue weighted by Crippen LogP contribution is 2.27. The molecule has 4 aromatic rings. The number of aromatic nitrogens is 1. The maximum absolute atomic E-state index is 12.4. The fraction of sp³-hybridized carbons (Fsp3) is 0.0870. The number of aryl methyl sites for hydroxylation is 1. The smallest absolute Gasteiger partial charge is 0.345 e. The molecule has 0 unspecified atom stereocenters. The molecule has 2 heterocycles. The van der Waals surface area contributed by atoms with Gasteiger partial charge in [-0.25, -0.2) is 9.78 Å². The summed E-state index contributed by atoms with van der Waals surface area (Å²) >= 11 is 1.31. The third-order valence-corrected chi connectivity index (χ3v) is 5.62. The van der Waals surface area contributed by atoms with Crippen molar-refractivity contribution < 1.29 is 4.42 Å². The van der Waals surface area contributed by atoms with Crippen LogP contribution in [0, 0.1) is 25.2 Å². The topological polar surface area (TPSA) is 78.9 Å². The van der Waals surface area contributed by atoms with Crippen molar-refractivity contribution in [1.29, 1.82) is 5.26 Å². The fourth-order valence-corrected chi connectivity index (χ4v) is 3.75. The van der Waals surface area contributed by atoms with E-state index in [1.165, 1.54) is 16.9 Å². The van der Waals surface area contributed by atoms with Crippen LogP contribution in [-0.2, 0) is 0 Å². The maximum Gasteiger partial charge on any atom is 0.345 e. The van der Waals surface area contributed by atoms with E-state index in [-0.39, 0.29) is 0 Å². The van der Waals surface area contributed by atoms with E-state index in [0.717, 1.165) is 16.6 Å². The van der Waals surface area contributed by atoms with Crippen LogP contribution in [0.15, 0.2) is 69.3 Å². The summed E-state index contributed by atoms with van der Waals surface area (Å²) in [5.41, 5.74) is 4.58. The molecular weight excluding hydrogens is 382 g/mol. The molecule has 6 heteroatoms. The van der Waals surface area contributed by atoms with Gasteiger partial charge in [-0.3, -0.25) is 0 Å². The van der Waals surface area contributed by atoms with Crippen LogP contribution in [0.2, 0.25) is 0 Å². The van der Waals surface area contributed by atoms with Crippen molar-refractivity contribution >= 4 is 33.6 Å². The highest BCUT2D eigenvalue weighted by atomic mass is 32.1. The number of nitrogens with zero attached hydrogens (tertiary/aromatic N) is 2. The van der Waals surface area contributed by atoms with Gasteiger partial charge < -0.3 is 9.73 Å². The molecule has 0 aliphatic heterocycles. The molecule has 29 heavy (non-hydrogen) atoms. The summed E-state index contributed by atoms with van der Waals surface area (Å²) in [6, 6.07) is 17.2. The molecule has 4 rings (SSSR count). The Hall–Kier alpha value is -3.69. The molecule has 0 fully saturated rings. The van der Waals surface area contributed by atoms with Crippen molar-refractivity contribution in [3.63, 3.8) is 0 Å². The quantitative estimate of drug-likeness (QED) is 0.362. The Labute approximate surface area is 171 Å². The first-order valence-electron chi connectivity index (χ1n) is 8.99. The molecular formula is C23H17N3O2S. The molecule has 2 aromatic carbocycles. The highest BCUT2D eigenvalue weighted by Gasteiger charge is 2.14. The first-order valence-corrected chi connectivity index (χ1v) is 9.87. The first kappa shape index (κ1) is 18.7. The van der Waals surface area contributed by atoms with Gasteiger partial charge in [-0.05, 0) is 43.2 Å². The van der Waals surface area contributed by atoms with Gasteiger partial charge in [0.05, 0.1) is 11.3 Å². The Morgan fingerprint density at radius 3 is 2.86 bits per heavy atom. The lowest BCUT2D eigenvalue weighted by molar-refractivity contribution is 0.563. The summed E-state index contributed by atoms with van der Waals surface area (Å²) < 4.78 is 5.39. The Morgan fingerprint density at radius 1 is 1.21 bits per heavy atom. The van der Waals surface area contributed by atoms with Crippen molar-refractivity contribution in [2.75, 3.05) is 5.32 Å². The molecule has 0 aliphatic carbocycles. The average Bonchev–Trinajstić information content (AvgIpc) is 3.20. The van der Waals surface area contributed by atoms with Crippen LogP contribution in [0.4, 0.5) is 5.69 Å². The van der Waals surface area contributed by atoms with E-state index in [1.54, 1.807) is 23.7 Å². The summed E-state index contributed by atoms with van der Waals surface area (Å²) in [7, 11) is 0. The summed E-state index contributed by atoms with van der Waals surface area (Å²) in [6.07, 6.45) is 1.65. The number of allylic oxidation sites excluding steroid dienone is 1. The lowest BCUT2D eigenvalue weighted by Crippen LogP contribution is -2.03. The highest BCUT2D eigenvalue weighted by molar-refractivity contribution is 7.11. The van der Waals surface area contributed by atoms with Gasteiger partial charge in [-0.2, -0.15) is 5.26 Å². The van der Waals surface area contributed by atoms with Crippen LogP contribution in [0.1, 0.15) is 16.1 Å². The van der Waals surface area contributed by atoms with Crippen LogP contribution in [0.5, 0.6) is 0 Å². The van der Waals surface area contributed by atoms with Gasteiger partial charge in [-0.1, -0.05) is 30.3 Å². The molecule has 0 radical (unpaired) electrons. The zero-order valence-corrected chi connectivity index (χ0v) is 16.7. The standard InChI is InChI=1S/C23H17N3O2S/c1-14-6-5-8-19(15(14)2)25-12-17(11-24)22-26-20(13-29-22)18-10-16-7-3-4-9-21(16)28-23(18)27/h3-10,12-13,25H,1-2H3. The van der Waals surface area contributed by atoms with E-state index >= 15 is 0 Å². The number of thiazole rings is 1. The number of nitrogens with one attached hydrogen (secondary N) is 1. The zero-order valence-electron chi connectivity index (χ0n) is 15.9. The fourth-order valence-electron chi connectivity index (χ4n) is 2.96. The minimum Gasteiger partial charge on any atom is -0.422 e. The van der Waals surface area contributed by atoms with Gasteiger partial charge in [0.25, 0.3) is 0 Å². The lowest BCUT2D eigenvalue weighted by atomic mass is 10.1. The molecule has 0 saturated carbocycles. The molecule has 2 aromatic heterocycles. The number of benzene rings is 2. The van der Waals surface area contributed by atoms with Crippen LogP contribution in [-0.4, -0.2) is 4.98 Å². The van der Waals surface area contributed by atoms with Crippen LogP contribution >= 0.6 is 11.3 Å². The van der Waals surface area contributed by atoms with E-state index in [9.17, 15) is 10.1 Å².